The molecular weight excluding hydrogens is 263 g/mol. The lowest BCUT2D eigenvalue weighted by molar-refractivity contribution is -0.124. The number of hydrogen-bond acceptors (Lipinski definition) is 4. The molecule has 1 heterocycles. The minimum absolute atomic E-state index is 0.189. The van der Waals surface area contributed by atoms with Crippen LogP contribution < -0.4 is 10.2 Å². The van der Waals surface area contributed by atoms with Crippen LogP contribution in [0.15, 0.2) is 18.2 Å². The minimum Gasteiger partial charge on any atom is -0.389 e. The van der Waals surface area contributed by atoms with Crippen molar-refractivity contribution in [1.29, 1.82) is 0 Å². The first-order chi connectivity index (χ1) is 9.56. The van der Waals surface area contributed by atoms with Crippen LogP contribution in [-0.4, -0.2) is 43.9 Å². The van der Waals surface area contributed by atoms with Crippen LogP contribution in [0.4, 0.5) is 10.1 Å². The van der Waals surface area contributed by atoms with Gasteiger partial charge in [-0.15, -0.1) is 0 Å². The molecule has 0 aliphatic carbocycles. The minimum atomic E-state index is -0.945. The molecule has 6 heteroatoms. The lowest BCUT2D eigenvalue weighted by Gasteiger charge is -2.37. The number of morpholine rings is 1. The normalized spacial score (nSPS) is 20.6. The van der Waals surface area contributed by atoms with E-state index in [1.165, 1.54) is 13.0 Å². The van der Waals surface area contributed by atoms with Gasteiger partial charge in [0.1, 0.15) is 11.9 Å². The van der Waals surface area contributed by atoms with E-state index in [-0.39, 0.29) is 18.1 Å². The number of nitrogens with one attached hydrogen (secondary N) is 1. The SMILES string of the molecule is CNC(=O)C1COCCN1c1cccc(F)c1[C@@H](C)O. The summed E-state index contributed by atoms with van der Waals surface area (Å²) in [5.41, 5.74) is 0.750. The van der Waals surface area contributed by atoms with E-state index in [9.17, 15) is 14.3 Å². The van der Waals surface area contributed by atoms with E-state index >= 15 is 0 Å². The third-order valence-corrected chi connectivity index (χ3v) is 3.43. The summed E-state index contributed by atoms with van der Waals surface area (Å²) in [7, 11) is 1.55. The molecule has 5 nitrogen and oxygen atoms in total. The Labute approximate surface area is 117 Å². The number of carbonyl (C=O) groups excluding carboxylic acids is 1. The van der Waals surface area contributed by atoms with Gasteiger partial charge in [-0.05, 0) is 19.1 Å². The largest absolute Gasteiger partial charge is 0.389 e. The first-order valence-electron chi connectivity index (χ1n) is 6.58. The third kappa shape index (κ3) is 2.76. The summed E-state index contributed by atoms with van der Waals surface area (Å²) in [6.07, 6.45) is -0.945. The molecule has 1 aliphatic rings. The molecule has 0 saturated carbocycles. The number of ether oxygens (including phenoxy) is 1. The highest BCUT2D eigenvalue weighted by Gasteiger charge is 2.31. The quantitative estimate of drug-likeness (QED) is 0.862. The highest BCUT2D eigenvalue weighted by Crippen LogP contribution is 2.31. The molecular formula is C14H19FN2O3. The zero-order valence-electron chi connectivity index (χ0n) is 11.6. The Morgan fingerprint density at radius 3 is 3.00 bits per heavy atom. The van der Waals surface area contributed by atoms with Gasteiger partial charge in [-0.3, -0.25) is 4.79 Å². The molecule has 20 heavy (non-hydrogen) atoms. The van der Waals surface area contributed by atoms with Crippen LogP contribution in [0.1, 0.15) is 18.6 Å². The number of nitrogens with zero attached hydrogens (tertiary/aromatic N) is 1. The van der Waals surface area contributed by atoms with Crippen LogP contribution in [0, 0.1) is 5.82 Å². The van der Waals surface area contributed by atoms with Crippen LogP contribution in [0.5, 0.6) is 0 Å². The van der Waals surface area contributed by atoms with Gasteiger partial charge in [0.15, 0.2) is 0 Å². The lowest BCUT2D eigenvalue weighted by atomic mass is 10.0. The maximum atomic E-state index is 13.9. The molecule has 1 aromatic rings. The Bertz CT molecular complexity index is 493. The monoisotopic (exact) mass is 282 g/mol. The van der Waals surface area contributed by atoms with Crippen LogP contribution in [-0.2, 0) is 9.53 Å². The highest BCUT2D eigenvalue weighted by atomic mass is 19.1. The topological polar surface area (TPSA) is 61.8 Å². The highest BCUT2D eigenvalue weighted by molar-refractivity contribution is 5.85. The van der Waals surface area contributed by atoms with Gasteiger partial charge in [0, 0.05) is 24.8 Å². The first kappa shape index (κ1) is 14.7. The zero-order chi connectivity index (χ0) is 14.7. The van der Waals surface area contributed by atoms with E-state index in [0.717, 1.165) is 0 Å². The smallest absolute Gasteiger partial charge is 0.244 e. The van der Waals surface area contributed by atoms with E-state index in [1.807, 2.05) is 0 Å². The molecule has 2 N–H and O–H groups in total. The second-order valence-electron chi connectivity index (χ2n) is 4.75. The van der Waals surface area contributed by atoms with Crippen molar-refractivity contribution in [1.82, 2.24) is 5.32 Å². The first-order valence-corrected chi connectivity index (χ1v) is 6.58. The van der Waals surface area contributed by atoms with Crippen molar-refractivity contribution in [3.8, 4) is 0 Å². The summed E-state index contributed by atoms with van der Waals surface area (Å²) >= 11 is 0. The average Bonchev–Trinajstić information content (AvgIpc) is 2.45. The number of rotatable bonds is 3. The van der Waals surface area contributed by atoms with Crippen molar-refractivity contribution >= 4 is 11.6 Å². The van der Waals surface area contributed by atoms with Gasteiger partial charge in [-0.2, -0.15) is 0 Å². The van der Waals surface area contributed by atoms with Crippen LogP contribution in [0.25, 0.3) is 0 Å². The summed E-state index contributed by atoms with van der Waals surface area (Å²) < 4.78 is 19.3. The van der Waals surface area contributed by atoms with Crippen molar-refractivity contribution < 1.29 is 19.0 Å². The molecule has 1 aromatic carbocycles. The molecule has 1 amide bonds. The third-order valence-electron chi connectivity index (χ3n) is 3.43. The molecule has 2 rings (SSSR count). The van der Waals surface area contributed by atoms with Crippen molar-refractivity contribution in [3.63, 3.8) is 0 Å². The van der Waals surface area contributed by atoms with E-state index in [0.29, 0.717) is 18.8 Å². The van der Waals surface area contributed by atoms with Gasteiger partial charge in [-0.25, -0.2) is 4.39 Å². The molecule has 0 spiro atoms. The summed E-state index contributed by atoms with van der Waals surface area (Å²) in [5, 5.41) is 12.4. The van der Waals surface area contributed by atoms with Gasteiger partial charge >= 0.3 is 0 Å². The number of amides is 1. The standard InChI is InChI=1S/C14H19FN2O3/c1-9(18)13-10(15)4-3-5-11(13)17-6-7-20-8-12(17)14(19)16-2/h3-5,9,12,18H,6-8H2,1-2H3,(H,16,19)/t9-,12?/m1/s1. The fraction of sp³-hybridized carbons (Fsp3) is 0.500. The van der Waals surface area contributed by atoms with E-state index in [4.69, 9.17) is 4.74 Å². The molecule has 1 aliphatic heterocycles. The molecule has 0 bridgehead atoms. The van der Waals surface area contributed by atoms with E-state index in [2.05, 4.69) is 5.32 Å². The van der Waals surface area contributed by atoms with Crippen molar-refractivity contribution in [2.75, 3.05) is 31.7 Å². The predicted molar refractivity (Wildman–Crippen MR) is 73.1 cm³/mol. The Hall–Kier alpha value is -1.66. The molecule has 110 valence electrons. The fourth-order valence-electron chi connectivity index (χ4n) is 2.47. The summed E-state index contributed by atoms with van der Waals surface area (Å²) in [4.78, 5) is 13.7. The second kappa shape index (κ2) is 6.19. The Kier molecular flexibility index (Phi) is 4.57. The van der Waals surface area contributed by atoms with Crippen molar-refractivity contribution in [2.24, 2.45) is 0 Å². The summed E-state index contributed by atoms with van der Waals surface area (Å²) in [5.74, 6) is -0.662. The Balaban J connectivity index is 2.42. The van der Waals surface area contributed by atoms with Crippen LogP contribution >= 0.6 is 0 Å². The number of likely N-dealkylation sites (N-methyl/N-ethyl adjacent to an activating group) is 1. The van der Waals surface area contributed by atoms with Crippen LogP contribution in [0.3, 0.4) is 0 Å². The number of aliphatic hydroxyl groups excluding tert-OH is 1. The van der Waals surface area contributed by atoms with E-state index < -0.39 is 18.0 Å². The van der Waals surface area contributed by atoms with Gasteiger partial charge in [0.05, 0.1) is 19.3 Å². The fourth-order valence-corrected chi connectivity index (χ4v) is 2.47. The summed E-state index contributed by atoms with van der Waals surface area (Å²) in [6.45, 7) is 2.69. The number of benzene rings is 1. The number of halogens is 1. The van der Waals surface area contributed by atoms with Crippen molar-refractivity contribution in [3.05, 3.63) is 29.6 Å². The molecule has 1 unspecified atom stereocenters. The van der Waals surface area contributed by atoms with E-state index in [1.54, 1.807) is 24.1 Å². The predicted octanol–water partition coefficient (Wildman–Crippen LogP) is 0.830. The number of carbonyl (C=O) groups is 1. The van der Waals surface area contributed by atoms with Crippen LogP contribution in [0.2, 0.25) is 0 Å². The lowest BCUT2D eigenvalue weighted by Crippen LogP contribution is -2.53. The average molecular weight is 282 g/mol. The maximum absolute atomic E-state index is 13.9. The Morgan fingerprint density at radius 2 is 2.35 bits per heavy atom. The van der Waals surface area contributed by atoms with Gasteiger partial charge in [-0.1, -0.05) is 6.07 Å². The summed E-state index contributed by atoms with van der Waals surface area (Å²) in [6, 6.07) is 4.08. The number of aliphatic hydroxyl groups is 1. The molecule has 1 saturated heterocycles. The number of anilines is 1. The second-order valence-corrected chi connectivity index (χ2v) is 4.75. The molecule has 0 aromatic heterocycles. The molecule has 2 atom stereocenters. The van der Waals surface area contributed by atoms with Crippen molar-refractivity contribution in [2.45, 2.75) is 19.1 Å². The number of hydrogen-bond donors (Lipinski definition) is 2. The Morgan fingerprint density at radius 1 is 1.60 bits per heavy atom. The molecule has 0 radical (unpaired) electrons. The maximum Gasteiger partial charge on any atom is 0.244 e. The van der Waals surface area contributed by atoms with Gasteiger partial charge < -0.3 is 20.1 Å². The molecule has 1 fully saturated rings. The zero-order valence-corrected chi connectivity index (χ0v) is 11.6. The van der Waals surface area contributed by atoms with Gasteiger partial charge in [0.25, 0.3) is 0 Å². The van der Waals surface area contributed by atoms with Gasteiger partial charge in [0.2, 0.25) is 5.91 Å².